The molecule has 7 nitrogen and oxygen atoms in total. The Kier molecular flexibility index (Phi) is 6.47. The Morgan fingerprint density at radius 3 is 2.79 bits per heavy atom. The van der Waals surface area contributed by atoms with E-state index in [0.717, 1.165) is 19.4 Å². The second kappa shape index (κ2) is 9.81. The molecule has 1 aliphatic heterocycles. The molecule has 2 aromatic heterocycles. The van der Waals surface area contributed by atoms with Gasteiger partial charge in [0.05, 0.1) is 15.6 Å². The van der Waals surface area contributed by atoms with E-state index in [4.69, 9.17) is 33.7 Å². The fraction of sp³-hybridized carbons (Fsp3) is 0.222. The quantitative estimate of drug-likeness (QED) is 0.240. The number of phenols is 1. The molecule has 194 valence electrons. The molecular formula is C27H22Cl2FN5O2S. The molecular weight excluding hydrogens is 548 g/mol. The first kappa shape index (κ1) is 25.1. The number of fused-ring (bicyclic) bond motifs is 2. The molecule has 1 saturated heterocycles. The SMILES string of the molecule is CN1CCC[C@H]1COc1nc(-c2cnc(N)s2)c2cc(Cl)c(-c3cc(O)cc4cccc(Cl)c34)c(F)c2n1. The van der Waals surface area contributed by atoms with Gasteiger partial charge in [-0.2, -0.15) is 9.97 Å². The zero-order valence-electron chi connectivity index (χ0n) is 20.2. The average Bonchev–Trinajstić information content (AvgIpc) is 3.50. The van der Waals surface area contributed by atoms with E-state index in [1.54, 1.807) is 36.5 Å². The van der Waals surface area contributed by atoms with Crippen molar-refractivity contribution in [3.63, 3.8) is 0 Å². The summed E-state index contributed by atoms with van der Waals surface area (Å²) in [6.45, 7) is 1.37. The summed E-state index contributed by atoms with van der Waals surface area (Å²) in [5, 5.41) is 12.9. The number of likely N-dealkylation sites (tertiary alicyclic amines) is 1. The minimum absolute atomic E-state index is 0.0275. The number of ether oxygens (including phenoxy) is 1. The van der Waals surface area contributed by atoms with E-state index in [2.05, 4.69) is 19.9 Å². The number of aromatic nitrogens is 3. The van der Waals surface area contributed by atoms with Gasteiger partial charge in [0.2, 0.25) is 0 Å². The van der Waals surface area contributed by atoms with Crippen LogP contribution in [-0.4, -0.2) is 51.2 Å². The van der Waals surface area contributed by atoms with Crippen LogP contribution in [0.15, 0.2) is 42.6 Å². The molecule has 0 spiro atoms. The van der Waals surface area contributed by atoms with Crippen LogP contribution in [0.25, 0.3) is 43.4 Å². The van der Waals surface area contributed by atoms with Gasteiger partial charge in [-0.1, -0.05) is 46.7 Å². The molecule has 3 aromatic carbocycles. The number of anilines is 1. The number of hydrogen-bond acceptors (Lipinski definition) is 8. The molecule has 1 aliphatic rings. The van der Waals surface area contributed by atoms with Gasteiger partial charge in [0.15, 0.2) is 10.9 Å². The van der Waals surface area contributed by atoms with Crippen LogP contribution < -0.4 is 10.5 Å². The maximum atomic E-state index is 16.5. The van der Waals surface area contributed by atoms with Crippen molar-refractivity contribution in [1.29, 1.82) is 0 Å². The molecule has 0 aliphatic carbocycles. The highest BCUT2D eigenvalue weighted by molar-refractivity contribution is 7.18. The van der Waals surface area contributed by atoms with Crippen molar-refractivity contribution in [2.75, 3.05) is 25.9 Å². The fourth-order valence-corrected chi connectivity index (χ4v) is 6.26. The van der Waals surface area contributed by atoms with E-state index in [1.165, 1.54) is 17.4 Å². The van der Waals surface area contributed by atoms with Crippen molar-refractivity contribution in [3.05, 3.63) is 58.5 Å². The zero-order valence-corrected chi connectivity index (χ0v) is 22.5. The van der Waals surface area contributed by atoms with Gasteiger partial charge in [0.1, 0.15) is 17.9 Å². The molecule has 3 heterocycles. The molecule has 0 bridgehead atoms. The standard InChI is InChI=1S/C27H22Cl2FN5O2S/c1-35-7-3-5-14(35)12-37-27-33-24(20-11-32-26(31)38-20)17-10-19(29)22(23(30)25(17)34-27)16-9-15(36)8-13-4-2-6-18(28)21(13)16/h2,4,6,8-11,14,36H,3,5,7,12H2,1H3,(H2,31,32)/t14-/m0/s1. The summed E-state index contributed by atoms with van der Waals surface area (Å²) in [5.74, 6) is -0.721. The topological polar surface area (TPSA) is 97.4 Å². The van der Waals surface area contributed by atoms with Crippen LogP contribution in [0, 0.1) is 5.82 Å². The number of nitrogens with zero attached hydrogens (tertiary/aromatic N) is 4. The van der Waals surface area contributed by atoms with Crippen molar-refractivity contribution in [2.45, 2.75) is 18.9 Å². The van der Waals surface area contributed by atoms with E-state index in [0.29, 0.717) is 49.1 Å². The monoisotopic (exact) mass is 569 g/mol. The first-order valence-electron chi connectivity index (χ1n) is 12.0. The van der Waals surface area contributed by atoms with Gasteiger partial charge < -0.3 is 20.5 Å². The molecule has 5 aromatic rings. The Bertz CT molecular complexity index is 1710. The van der Waals surface area contributed by atoms with Crippen molar-refractivity contribution >= 4 is 61.3 Å². The van der Waals surface area contributed by atoms with Crippen LogP contribution in [0.4, 0.5) is 9.52 Å². The van der Waals surface area contributed by atoms with Crippen molar-refractivity contribution < 1.29 is 14.2 Å². The molecule has 1 atom stereocenters. The van der Waals surface area contributed by atoms with Crippen LogP contribution in [-0.2, 0) is 0 Å². The molecule has 11 heteroatoms. The number of hydrogen-bond donors (Lipinski definition) is 2. The molecule has 1 fully saturated rings. The largest absolute Gasteiger partial charge is 0.508 e. The number of thiazole rings is 1. The Morgan fingerprint density at radius 2 is 2.05 bits per heavy atom. The first-order chi connectivity index (χ1) is 18.3. The van der Waals surface area contributed by atoms with Crippen LogP contribution in [0.1, 0.15) is 12.8 Å². The lowest BCUT2D eigenvalue weighted by atomic mass is 9.95. The van der Waals surface area contributed by atoms with E-state index in [1.807, 2.05) is 7.05 Å². The summed E-state index contributed by atoms with van der Waals surface area (Å²) in [7, 11) is 2.05. The third-order valence-corrected chi connectivity index (χ3v) is 8.32. The van der Waals surface area contributed by atoms with Gasteiger partial charge >= 0.3 is 6.01 Å². The predicted molar refractivity (Wildman–Crippen MR) is 151 cm³/mol. The van der Waals surface area contributed by atoms with Gasteiger partial charge in [0.25, 0.3) is 0 Å². The number of nitrogens with two attached hydrogens (primary N) is 1. The van der Waals surface area contributed by atoms with Gasteiger partial charge in [-0.25, -0.2) is 9.37 Å². The molecule has 0 amide bonds. The summed E-state index contributed by atoms with van der Waals surface area (Å²) >= 11 is 14.5. The van der Waals surface area contributed by atoms with Crippen molar-refractivity contribution in [1.82, 2.24) is 19.9 Å². The first-order valence-corrected chi connectivity index (χ1v) is 13.5. The molecule has 6 rings (SSSR count). The number of benzene rings is 3. The minimum Gasteiger partial charge on any atom is -0.508 e. The predicted octanol–water partition coefficient (Wildman–Crippen LogP) is 6.78. The van der Waals surface area contributed by atoms with E-state index in [9.17, 15) is 5.11 Å². The smallest absolute Gasteiger partial charge is 0.317 e. The summed E-state index contributed by atoms with van der Waals surface area (Å²) in [6, 6.07) is 10.2. The van der Waals surface area contributed by atoms with E-state index < -0.39 is 5.82 Å². The third kappa shape index (κ3) is 4.39. The number of aromatic hydroxyl groups is 1. The number of halogens is 3. The Morgan fingerprint density at radius 1 is 1.21 bits per heavy atom. The third-order valence-electron chi connectivity index (χ3n) is 6.88. The van der Waals surface area contributed by atoms with Crippen molar-refractivity contribution in [2.24, 2.45) is 0 Å². The van der Waals surface area contributed by atoms with Crippen molar-refractivity contribution in [3.8, 4) is 33.5 Å². The zero-order chi connectivity index (χ0) is 26.6. The van der Waals surface area contributed by atoms with Gasteiger partial charge in [-0.05, 0) is 61.6 Å². The highest BCUT2D eigenvalue weighted by Gasteiger charge is 2.25. The lowest BCUT2D eigenvalue weighted by Gasteiger charge is -2.19. The van der Waals surface area contributed by atoms with E-state index >= 15 is 4.39 Å². The summed E-state index contributed by atoms with van der Waals surface area (Å²) < 4.78 is 22.5. The number of nitrogen functional groups attached to an aromatic ring is 1. The number of likely N-dealkylation sites (N-methyl/N-ethyl adjacent to an activating group) is 1. The highest BCUT2D eigenvalue weighted by atomic mass is 35.5. The second-order valence-corrected chi connectivity index (χ2v) is 11.2. The van der Waals surface area contributed by atoms with Gasteiger partial charge in [-0.3, -0.25) is 0 Å². The lowest BCUT2D eigenvalue weighted by molar-refractivity contribution is 0.188. The average molecular weight is 570 g/mol. The maximum absolute atomic E-state index is 16.5. The Balaban J connectivity index is 1.58. The van der Waals surface area contributed by atoms with Crippen LogP contribution >= 0.6 is 34.5 Å². The lowest BCUT2D eigenvalue weighted by Crippen LogP contribution is -2.30. The molecule has 3 N–H and O–H groups in total. The van der Waals surface area contributed by atoms with E-state index in [-0.39, 0.29) is 33.9 Å². The molecule has 0 saturated carbocycles. The minimum atomic E-state index is -0.678. The normalized spacial score (nSPS) is 16.1. The van der Waals surface area contributed by atoms with Crippen LogP contribution in [0.3, 0.4) is 0 Å². The van der Waals surface area contributed by atoms with Gasteiger partial charge in [-0.15, -0.1) is 0 Å². The number of rotatable bonds is 5. The summed E-state index contributed by atoms with van der Waals surface area (Å²) in [5.41, 5.74) is 6.76. The maximum Gasteiger partial charge on any atom is 0.317 e. The van der Waals surface area contributed by atoms with Crippen LogP contribution in [0.2, 0.25) is 10.0 Å². The summed E-state index contributed by atoms with van der Waals surface area (Å²) in [6.07, 6.45) is 3.67. The molecule has 0 unspecified atom stereocenters. The second-order valence-electron chi connectivity index (χ2n) is 9.28. The number of phenolic OH excluding ortho intramolecular Hbond substituents is 1. The molecule has 0 radical (unpaired) electrons. The summed E-state index contributed by atoms with van der Waals surface area (Å²) in [4.78, 5) is 16.1. The Labute approximate surface area is 231 Å². The molecule has 38 heavy (non-hydrogen) atoms. The fourth-order valence-electron chi connectivity index (χ4n) is 5.00. The van der Waals surface area contributed by atoms with Crippen LogP contribution in [0.5, 0.6) is 11.8 Å². The highest BCUT2D eigenvalue weighted by Crippen LogP contribution is 2.44. The Hall–Kier alpha value is -3.24. The van der Waals surface area contributed by atoms with Gasteiger partial charge in [0, 0.05) is 33.6 Å².